The molecular weight excluding hydrogens is 270 g/mol. The average molecular weight is 288 g/mol. The predicted octanol–water partition coefficient (Wildman–Crippen LogP) is 4.13. The monoisotopic (exact) mass is 287 g/mol. The highest BCUT2D eigenvalue weighted by Gasteiger charge is 2.26. The van der Waals surface area contributed by atoms with Crippen LogP contribution in [0.5, 0.6) is 0 Å². The van der Waals surface area contributed by atoms with Gasteiger partial charge >= 0.3 is 0 Å². The van der Waals surface area contributed by atoms with E-state index in [1.165, 1.54) is 41.5 Å². The van der Waals surface area contributed by atoms with E-state index in [1.807, 2.05) is 11.3 Å². The number of hydrogen-bond donors (Lipinski definition) is 1. The van der Waals surface area contributed by atoms with Crippen LogP contribution in [0.2, 0.25) is 0 Å². The Balaban J connectivity index is 2.20. The third-order valence-electron chi connectivity index (χ3n) is 3.44. The quantitative estimate of drug-likeness (QED) is 0.813. The Kier molecular flexibility index (Phi) is 4.23. The largest absolute Gasteiger partial charge is 0.330 e. The Bertz CT molecular complexity index is 310. The van der Waals surface area contributed by atoms with E-state index >= 15 is 0 Å². The first-order chi connectivity index (χ1) is 7.33. The molecule has 0 aromatic carbocycles. The van der Waals surface area contributed by atoms with Gasteiger partial charge in [0, 0.05) is 9.35 Å². The van der Waals surface area contributed by atoms with Gasteiger partial charge < -0.3 is 5.73 Å². The molecule has 1 heterocycles. The molecule has 2 rings (SSSR count). The third-order valence-corrected chi connectivity index (χ3v) is 5.45. The van der Waals surface area contributed by atoms with Crippen molar-refractivity contribution in [2.75, 3.05) is 6.54 Å². The van der Waals surface area contributed by atoms with Crippen LogP contribution in [0.25, 0.3) is 0 Å². The van der Waals surface area contributed by atoms with Gasteiger partial charge in [-0.1, -0.05) is 19.3 Å². The Hall–Kier alpha value is 0.140. The van der Waals surface area contributed by atoms with Crippen molar-refractivity contribution >= 4 is 27.3 Å². The van der Waals surface area contributed by atoms with E-state index in [2.05, 4.69) is 27.4 Å². The van der Waals surface area contributed by atoms with Gasteiger partial charge in [0.2, 0.25) is 0 Å². The van der Waals surface area contributed by atoms with Gasteiger partial charge in [-0.2, -0.15) is 0 Å². The molecule has 1 fully saturated rings. The summed E-state index contributed by atoms with van der Waals surface area (Å²) in [6.45, 7) is 0.842. The lowest BCUT2D eigenvalue weighted by Crippen LogP contribution is -2.20. The van der Waals surface area contributed by atoms with Gasteiger partial charge in [0.1, 0.15) is 0 Å². The first-order valence-electron chi connectivity index (χ1n) is 5.76. The summed E-state index contributed by atoms with van der Waals surface area (Å²) in [4.78, 5) is 1.52. The van der Waals surface area contributed by atoms with Crippen molar-refractivity contribution in [2.45, 2.75) is 38.0 Å². The minimum Gasteiger partial charge on any atom is -0.330 e. The maximum absolute atomic E-state index is 5.91. The van der Waals surface area contributed by atoms with E-state index in [-0.39, 0.29) is 0 Å². The lowest BCUT2D eigenvalue weighted by Gasteiger charge is -2.23. The van der Waals surface area contributed by atoms with E-state index < -0.39 is 0 Å². The van der Waals surface area contributed by atoms with Gasteiger partial charge in [-0.15, -0.1) is 11.3 Å². The minimum absolute atomic E-state index is 0.697. The highest BCUT2D eigenvalue weighted by Crippen LogP contribution is 2.41. The first-order valence-corrected chi connectivity index (χ1v) is 7.43. The summed E-state index contributed by atoms with van der Waals surface area (Å²) < 4.78 is 1.29. The lowest BCUT2D eigenvalue weighted by atomic mass is 9.87. The second-order valence-electron chi connectivity index (χ2n) is 4.37. The van der Waals surface area contributed by atoms with Crippen LogP contribution in [0.1, 0.15) is 42.9 Å². The number of halogens is 1. The molecule has 3 heteroatoms. The molecule has 1 aromatic rings. The molecule has 0 aliphatic heterocycles. The van der Waals surface area contributed by atoms with Crippen LogP contribution in [-0.2, 0) is 0 Å². The predicted molar refractivity (Wildman–Crippen MR) is 70.4 cm³/mol. The second-order valence-corrected chi connectivity index (χ2v) is 6.18. The molecule has 1 aliphatic carbocycles. The topological polar surface area (TPSA) is 26.0 Å². The molecule has 0 amide bonds. The van der Waals surface area contributed by atoms with Crippen molar-refractivity contribution in [3.63, 3.8) is 0 Å². The van der Waals surface area contributed by atoms with Gasteiger partial charge in [0.15, 0.2) is 0 Å². The fourth-order valence-electron chi connectivity index (χ4n) is 2.58. The zero-order valence-electron chi connectivity index (χ0n) is 8.92. The molecule has 2 N–H and O–H groups in total. The van der Waals surface area contributed by atoms with E-state index in [4.69, 9.17) is 5.73 Å². The van der Waals surface area contributed by atoms with E-state index in [9.17, 15) is 0 Å². The molecule has 1 nitrogen and oxygen atoms in total. The first kappa shape index (κ1) is 11.6. The highest BCUT2D eigenvalue weighted by atomic mass is 79.9. The Labute approximate surface area is 104 Å². The van der Waals surface area contributed by atoms with Gasteiger partial charge in [0.05, 0.1) is 0 Å². The maximum atomic E-state index is 5.91. The molecule has 84 valence electrons. The number of nitrogens with two attached hydrogens (primary N) is 1. The smallest absolute Gasteiger partial charge is 0.0317 e. The molecule has 1 aromatic heterocycles. The summed E-state index contributed by atoms with van der Waals surface area (Å²) in [5.74, 6) is 1.40. The van der Waals surface area contributed by atoms with Crippen molar-refractivity contribution in [3.05, 3.63) is 20.8 Å². The Morgan fingerprint density at radius 3 is 2.80 bits per heavy atom. The van der Waals surface area contributed by atoms with Crippen molar-refractivity contribution in [3.8, 4) is 0 Å². The zero-order chi connectivity index (χ0) is 10.7. The average Bonchev–Trinajstić information content (AvgIpc) is 2.54. The summed E-state index contributed by atoms with van der Waals surface area (Å²) in [7, 11) is 0. The molecule has 1 saturated carbocycles. The summed E-state index contributed by atoms with van der Waals surface area (Å²) in [6.07, 6.45) is 6.75. The number of rotatable bonds is 2. The summed E-state index contributed by atoms with van der Waals surface area (Å²) >= 11 is 5.54. The van der Waals surface area contributed by atoms with E-state index in [0.29, 0.717) is 11.8 Å². The minimum atomic E-state index is 0.697. The number of hydrogen-bond acceptors (Lipinski definition) is 2. The van der Waals surface area contributed by atoms with Crippen LogP contribution in [0.3, 0.4) is 0 Å². The standard InChI is InChI=1S/C12H18BrNS/c13-11-6-7-15-12(11)10-5-3-1-2-4-9(10)8-14/h6-7,9-10H,1-5,8,14H2. The third kappa shape index (κ3) is 2.63. The van der Waals surface area contributed by atoms with Crippen LogP contribution in [-0.4, -0.2) is 6.54 Å². The fourth-order valence-corrected chi connectivity index (χ4v) is 4.48. The maximum Gasteiger partial charge on any atom is 0.0317 e. The number of thiophene rings is 1. The van der Waals surface area contributed by atoms with Crippen molar-refractivity contribution in [1.82, 2.24) is 0 Å². The molecule has 0 bridgehead atoms. The molecule has 1 aliphatic rings. The molecule has 15 heavy (non-hydrogen) atoms. The van der Waals surface area contributed by atoms with Crippen LogP contribution in [0.4, 0.5) is 0 Å². The van der Waals surface area contributed by atoms with E-state index in [1.54, 1.807) is 0 Å². The molecule has 0 radical (unpaired) electrons. The summed E-state index contributed by atoms with van der Waals surface area (Å²) in [6, 6.07) is 2.17. The van der Waals surface area contributed by atoms with Crippen LogP contribution in [0.15, 0.2) is 15.9 Å². The van der Waals surface area contributed by atoms with Crippen LogP contribution >= 0.6 is 27.3 Å². The molecule has 0 spiro atoms. The Morgan fingerprint density at radius 1 is 1.33 bits per heavy atom. The van der Waals surface area contributed by atoms with Crippen LogP contribution in [0, 0.1) is 5.92 Å². The summed E-state index contributed by atoms with van der Waals surface area (Å²) in [5, 5.41) is 2.18. The normalized spacial score (nSPS) is 27.6. The highest BCUT2D eigenvalue weighted by molar-refractivity contribution is 9.10. The Morgan fingerprint density at radius 2 is 2.13 bits per heavy atom. The van der Waals surface area contributed by atoms with Crippen LogP contribution < -0.4 is 5.73 Å². The molecule has 2 atom stereocenters. The van der Waals surface area contributed by atoms with E-state index in [0.717, 1.165) is 6.54 Å². The van der Waals surface area contributed by atoms with Gasteiger partial charge in [-0.05, 0) is 58.6 Å². The molecule has 2 unspecified atom stereocenters. The van der Waals surface area contributed by atoms with Gasteiger partial charge in [-0.25, -0.2) is 0 Å². The SMILES string of the molecule is NCC1CCCCCC1c1sccc1Br. The second kappa shape index (κ2) is 5.46. The van der Waals surface area contributed by atoms with Crippen molar-refractivity contribution in [1.29, 1.82) is 0 Å². The van der Waals surface area contributed by atoms with Crippen molar-refractivity contribution < 1.29 is 0 Å². The lowest BCUT2D eigenvalue weighted by molar-refractivity contribution is 0.412. The zero-order valence-corrected chi connectivity index (χ0v) is 11.3. The van der Waals surface area contributed by atoms with Crippen molar-refractivity contribution in [2.24, 2.45) is 11.7 Å². The molecule has 0 saturated heterocycles. The molecular formula is C12H18BrNS. The van der Waals surface area contributed by atoms with Gasteiger partial charge in [-0.3, -0.25) is 0 Å². The fraction of sp³-hybridized carbons (Fsp3) is 0.667. The summed E-state index contributed by atoms with van der Waals surface area (Å²) in [5.41, 5.74) is 5.91. The van der Waals surface area contributed by atoms with Gasteiger partial charge in [0.25, 0.3) is 0 Å².